The zero-order valence-corrected chi connectivity index (χ0v) is 16.4. The Hall–Kier alpha value is -2.11. The van der Waals surface area contributed by atoms with Crippen molar-refractivity contribution in [3.8, 4) is 0 Å². The van der Waals surface area contributed by atoms with Crippen molar-refractivity contribution in [1.29, 1.82) is 0 Å². The van der Waals surface area contributed by atoms with Gasteiger partial charge in [0.05, 0.1) is 22.8 Å². The molecule has 27 heavy (non-hydrogen) atoms. The van der Waals surface area contributed by atoms with Gasteiger partial charge in [-0.1, -0.05) is 35.9 Å². The van der Waals surface area contributed by atoms with Gasteiger partial charge in [-0.15, -0.1) is 0 Å². The summed E-state index contributed by atoms with van der Waals surface area (Å²) in [4.78, 5) is 17.1. The lowest BCUT2D eigenvalue weighted by Crippen LogP contribution is -2.54. The molecule has 2 atom stereocenters. The van der Waals surface area contributed by atoms with Crippen molar-refractivity contribution >= 4 is 23.2 Å². The van der Waals surface area contributed by atoms with E-state index in [2.05, 4.69) is 15.1 Å². The van der Waals surface area contributed by atoms with Crippen LogP contribution in [0.1, 0.15) is 25.5 Å². The average Bonchev–Trinajstić information content (AvgIpc) is 2.68. The summed E-state index contributed by atoms with van der Waals surface area (Å²) < 4.78 is 13.1. The van der Waals surface area contributed by atoms with E-state index in [0.29, 0.717) is 0 Å². The second kappa shape index (κ2) is 8.72. The van der Waals surface area contributed by atoms with Gasteiger partial charge in [-0.3, -0.25) is 9.69 Å². The topological polar surface area (TPSA) is 35.6 Å². The Morgan fingerprint density at radius 1 is 1.04 bits per heavy atom. The minimum atomic E-state index is -0.276. The molecule has 2 aromatic carbocycles. The summed E-state index contributed by atoms with van der Waals surface area (Å²) in [5, 5.41) is 3.78. The molecule has 0 spiro atoms. The van der Waals surface area contributed by atoms with Crippen LogP contribution in [0.3, 0.4) is 0 Å². The van der Waals surface area contributed by atoms with Crippen LogP contribution in [0.25, 0.3) is 0 Å². The molecule has 2 unspecified atom stereocenters. The maximum atomic E-state index is 13.1. The number of rotatable bonds is 5. The first kappa shape index (κ1) is 19.6. The van der Waals surface area contributed by atoms with Crippen LogP contribution in [-0.2, 0) is 4.79 Å². The van der Waals surface area contributed by atoms with E-state index in [4.69, 9.17) is 11.6 Å². The highest BCUT2D eigenvalue weighted by molar-refractivity contribution is 6.33. The highest BCUT2D eigenvalue weighted by Crippen LogP contribution is 2.26. The molecule has 1 N–H and O–H groups in total. The van der Waals surface area contributed by atoms with E-state index in [1.54, 1.807) is 12.1 Å². The highest BCUT2D eigenvalue weighted by atomic mass is 35.5. The second-order valence-electron chi connectivity index (χ2n) is 6.93. The Morgan fingerprint density at radius 2 is 1.67 bits per heavy atom. The van der Waals surface area contributed by atoms with Gasteiger partial charge in [-0.05, 0) is 43.7 Å². The minimum absolute atomic E-state index is 0.0157. The Kier molecular flexibility index (Phi) is 6.34. The van der Waals surface area contributed by atoms with Crippen LogP contribution in [0.15, 0.2) is 48.5 Å². The fraction of sp³-hybridized carbons (Fsp3) is 0.381. The number of amides is 1. The number of halogens is 2. The van der Waals surface area contributed by atoms with Crippen molar-refractivity contribution in [1.82, 2.24) is 10.2 Å². The van der Waals surface area contributed by atoms with Crippen molar-refractivity contribution in [2.45, 2.75) is 25.9 Å². The van der Waals surface area contributed by atoms with Gasteiger partial charge < -0.3 is 10.2 Å². The van der Waals surface area contributed by atoms with E-state index < -0.39 is 0 Å². The number of piperazine rings is 1. The van der Waals surface area contributed by atoms with E-state index in [9.17, 15) is 9.18 Å². The largest absolute Gasteiger partial charge is 0.368 e. The van der Waals surface area contributed by atoms with Crippen molar-refractivity contribution in [3.63, 3.8) is 0 Å². The van der Waals surface area contributed by atoms with Crippen molar-refractivity contribution in [2.75, 3.05) is 31.1 Å². The maximum absolute atomic E-state index is 13.1. The lowest BCUT2D eigenvalue weighted by molar-refractivity contribution is -0.126. The SMILES string of the molecule is CC(NC(=O)C(C)N1CCN(c2ccccc2Cl)CC1)c1ccc(F)cc1. The first-order valence-electron chi connectivity index (χ1n) is 9.25. The van der Waals surface area contributed by atoms with Gasteiger partial charge in [0.1, 0.15) is 5.82 Å². The van der Waals surface area contributed by atoms with Crippen molar-refractivity contribution < 1.29 is 9.18 Å². The van der Waals surface area contributed by atoms with Crippen LogP contribution in [0, 0.1) is 5.82 Å². The number of carbonyl (C=O) groups excluding carboxylic acids is 1. The summed E-state index contributed by atoms with van der Waals surface area (Å²) in [5.41, 5.74) is 1.93. The number of hydrogen-bond acceptors (Lipinski definition) is 3. The lowest BCUT2D eigenvalue weighted by Gasteiger charge is -2.39. The molecule has 6 heteroatoms. The van der Waals surface area contributed by atoms with Crippen LogP contribution >= 0.6 is 11.6 Å². The number of hydrogen-bond donors (Lipinski definition) is 1. The molecule has 1 amide bonds. The van der Waals surface area contributed by atoms with Crippen molar-refractivity contribution in [2.24, 2.45) is 0 Å². The Bertz CT molecular complexity index is 775. The number of anilines is 1. The van der Waals surface area contributed by atoms with Gasteiger partial charge >= 0.3 is 0 Å². The second-order valence-corrected chi connectivity index (χ2v) is 7.34. The molecule has 1 aliphatic heterocycles. The Morgan fingerprint density at radius 3 is 2.30 bits per heavy atom. The standard InChI is InChI=1S/C21H25ClFN3O/c1-15(17-7-9-18(23)10-8-17)24-21(27)16(2)25-11-13-26(14-12-25)20-6-4-3-5-19(20)22/h3-10,15-16H,11-14H2,1-2H3,(H,24,27). The summed E-state index contributed by atoms with van der Waals surface area (Å²) in [5.74, 6) is -0.292. The van der Waals surface area contributed by atoms with Crippen LogP contribution in [0.5, 0.6) is 0 Å². The molecule has 1 fully saturated rings. The van der Waals surface area contributed by atoms with Gasteiger partial charge in [0, 0.05) is 26.2 Å². The monoisotopic (exact) mass is 389 g/mol. The summed E-state index contributed by atoms with van der Waals surface area (Å²) in [6, 6.07) is 13.7. The molecule has 144 valence electrons. The van der Waals surface area contributed by atoms with E-state index in [-0.39, 0.29) is 23.8 Å². The van der Waals surface area contributed by atoms with Crippen LogP contribution in [0.4, 0.5) is 10.1 Å². The molecule has 0 aromatic heterocycles. The van der Waals surface area contributed by atoms with Crippen LogP contribution < -0.4 is 10.2 Å². The Labute approximate surface area is 164 Å². The van der Waals surface area contributed by atoms with E-state index in [0.717, 1.165) is 42.5 Å². The van der Waals surface area contributed by atoms with Gasteiger partial charge in [-0.25, -0.2) is 4.39 Å². The molecule has 1 heterocycles. The number of benzene rings is 2. The Balaban J connectivity index is 1.54. The quantitative estimate of drug-likeness (QED) is 0.843. The molecular weight excluding hydrogens is 365 g/mol. The molecule has 1 saturated heterocycles. The number of para-hydroxylation sites is 1. The first-order chi connectivity index (χ1) is 13.0. The molecular formula is C21H25ClFN3O. The zero-order chi connectivity index (χ0) is 19.4. The van der Waals surface area contributed by atoms with Crippen molar-refractivity contribution in [3.05, 3.63) is 64.9 Å². The van der Waals surface area contributed by atoms with Crippen LogP contribution in [0.2, 0.25) is 5.02 Å². The fourth-order valence-corrected chi connectivity index (χ4v) is 3.65. The number of carbonyl (C=O) groups is 1. The van der Waals surface area contributed by atoms with E-state index >= 15 is 0 Å². The van der Waals surface area contributed by atoms with Gasteiger partial charge in [0.2, 0.25) is 5.91 Å². The number of nitrogens with one attached hydrogen (secondary N) is 1. The predicted molar refractivity (Wildman–Crippen MR) is 108 cm³/mol. The first-order valence-corrected chi connectivity index (χ1v) is 9.63. The third-order valence-corrected chi connectivity index (χ3v) is 5.48. The molecule has 3 rings (SSSR count). The normalized spacial score (nSPS) is 17.4. The van der Waals surface area contributed by atoms with Gasteiger partial charge in [0.25, 0.3) is 0 Å². The molecule has 4 nitrogen and oxygen atoms in total. The zero-order valence-electron chi connectivity index (χ0n) is 15.7. The molecule has 1 aliphatic rings. The fourth-order valence-electron chi connectivity index (χ4n) is 3.39. The molecule has 2 aromatic rings. The summed E-state index contributed by atoms with van der Waals surface area (Å²) in [7, 11) is 0. The molecule has 0 radical (unpaired) electrons. The third kappa shape index (κ3) is 4.79. The predicted octanol–water partition coefficient (Wildman–Crippen LogP) is 3.87. The number of nitrogens with zero attached hydrogens (tertiary/aromatic N) is 2. The third-order valence-electron chi connectivity index (χ3n) is 5.16. The summed E-state index contributed by atoms with van der Waals surface area (Å²) >= 11 is 6.29. The van der Waals surface area contributed by atoms with E-state index in [1.807, 2.05) is 38.1 Å². The van der Waals surface area contributed by atoms with Crippen LogP contribution in [-0.4, -0.2) is 43.0 Å². The summed E-state index contributed by atoms with van der Waals surface area (Å²) in [6.45, 7) is 7.09. The molecule has 0 bridgehead atoms. The minimum Gasteiger partial charge on any atom is -0.368 e. The lowest BCUT2D eigenvalue weighted by atomic mass is 10.1. The van der Waals surface area contributed by atoms with E-state index in [1.165, 1.54) is 12.1 Å². The maximum Gasteiger partial charge on any atom is 0.237 e. The highest BCUT2D eigenvalue weighted by Gasteiger charge is 2.27. The molecule has 0 aliphatic carbocycles. The average molecular weight is 390 g/mol. The van der Waals surface area contributed by atoms with Gasteiger partial charge in [-0.2, -0.15) is 0 Å². The molecule has 0 saturated carbocycles. The smallest absolute Gasteiger partial charge is 0.237 e. The van der Waals surface area contributed by atoms with Gasteiger partial charge in [0.15, 0.2) is 0 Å². The summed E-state index contributed by atoms with van der Waals surface area (Å²) in [6.07, 6.45) is 0.